The lowest BCUT2D eigenvalue weighted by atomic mass is 10.1. The number of nitro groups is 1. The van der Waals surface area contributed by atoms with Crippen molar-refractivity contribution in [3.8, 4) is 0 Å². The lowest BCUT2D eigenvalue weighted by Gasteiger charge is -2.07. The number of nitrogens with two attached hydrogens (primary N) is 1. The molecule has 0 heterocycles. The second-order valence-corrected chi connectivity index (χ2v) is 4.01. The molecule has 0 saturated carbocycles. The molecule has 0 spiro atoms. The summed E-state index contributed by atoms with van der Waals surface area (Å²) in [6.45, 7) is 2.86. The van der Waals surface area contributed by atoms with Crippen molar-refractivity contribution in [1.29, 1.82) is 0 Å². The fraction of sp³-hybridized carbons (Fsp3) is 0.417. The van der Waals surface area contributed by atoms with E-state index in [1.807, 2.05) is 0 Å². The predicted molar refractivity (Wildman–Crippen MR) is 68.5 cm³/mol. The number of nitrogens with one attached hydrogen (secondary N) is 1. The molecule has 3 N–H and O–H groups in total. The number of hydrogen-bond donors (Lipinski definition) is 2. The highest BCUT2D eigenvalue weighted by atomic mass is 16.6. The van der Waals surface area contributed by atoms with Crippen LogP contribution in [-0.4, -0.2) is 23.9 Å². The number of aryl methyl sites for hydroxylation is 1. The van der Waals surface area contributed by atoms with Crippen molar-refractivity contribution in [2.75, 3.05) is 13.1 Å². The van der Waals surface area contributed by atoms with E-state index in [1.54, 1.807) is 13.0 Å². The molecule has 1 amide bonds. The molecule has 0 radical (unpaired) electrons. The second-order valence-electron chi connectivity index (χ2n) is 4.01. The summed E-state index contributed by atoms with van der Waals surface area (Å²) >= 11 is 0. The average Bonchev–Trinajstić information content (AvgIpc) is 2.34. The highest BCUT2D eigenvalue weighted by Crippen LogP contribution is 2.17. The summed E-state index contributed by atoms with van der Waals surface area (Å²) in [5, 5.41) is 13.4. The topological polar surface area (TPSA) is 98.3 Å². The average molecular weight is 251 g/mol. The van der Waals surface area contributed by atoms with Gasteiger partial charge in [0.05, 0.1) is 4.92 Å². The van der Waals surface area contributed by atoms with E-state index in [0.29, 0.717) is 18.7 Å². The maximum atomic E-state index is 11.8. The molecule has 98 valence electrons. The van der Waals surface area contributed by atoms with Crippen molar-refractivity contribution in [2.45, 2.75) is 19.8 Å². The molecule has 0 fully saturated rings. The number of non-ortho nitro benzene ring substituents is 1. The molecule has 0 aliphatic carbocycles. The van der Waals surface area contributed by atoms with Crippen LogP contribution in [0.1, 0.15) is 28.8 Å². The van der Waals surface area contributed by atoms with Crippen LogP contribution in [0.2, 0.25) is 0 Å². The number of unbranched alkanes of at least 4 members (excludes halogenated alkanes) is 1. The fourth-order valence-corrected chi connectivity index (χ4v) is 1.53. The highest BCUT2D eigenvalue weighted by molar-refractivity contribution is 5.96. The van der Waals surface area contributed by atoms with Gasteiger partial charge in [0.15, 0.2) is 0 Å². The molecule has 0 unspecified atom stereocenters. The monoisotopic (exact) mass is 251 g/mol. The third kappa shape index (κ3) is 3.81. The normalized spacial score (nSPS) is 10.1. The molecule has 18 heavy (non-hydrogen) atoms. The molecule has 0 saturated heterocycles. The van der Waals surface area contributed by atoms with Crippen LogP contribution in [0.5, 0.6) is 0 Å². The van der Waals surface area contributed by atoms with Crippen LogP contribution >= 0.6 is 0 Å². The van der Waals surface area contributed by atoms with Gasteiger partial charge >= 0.3 is 0 Å². The Balaban J connectivity index is 2.72. The summed E-state index contributed by atoms with van der Waals surface area (Å²) in [5.74, 6) is -0.284. The van der Waals surface area contributed by atoms with Gasteiger partial charge in [-0.15, -0.1) is 0 Å². The first-order valence-corrected chi connectivity index (χ1v) is 5.79. The van der Waals surface area contributed by atoms with E-state index in [2.05, 4.69) is 5.32 Å². The van der Waals surface area contributed by atoms with Crippen LogP contribution in [0, 0.1) is 17.0 Å². The Morgan fingerprint density at radius 1 is 1.44 bits per heavy atom. The summed E-state index contributed by atoms with van der Waals surface area (Å²) in [5.41, 5.74) is 6.33. The maximum absolute atomic E-state index is 11.8. The molecule has 1 rings (SSSR count). The number of carbonyl (C=O) groups excluding carboxylic acids is 1. The summed E-state index contributed by atoms with van der Waals surface area (Å²) in [6, 6.07) is 4.26. The van der Waals surface area contributed by atoms with Gasteiger partial charge in [0.1, 0.15) is 0 Å². The van der Waals surface area contributed by atoms with Crippen molar-refractivity contribution in [3.05, 3.63) is 39.4 Å². The van der Waals surface area contributed by atoms with Crippen molar-refractivity contribution >= 4 is 11.6 Å². The summed E-state index contributed by atoms with van der Waals surface area (Å²) in [4.78, 5) is 22.0. The van der Waals surface area contributed by atoms with Gasteiger partial charge in [-0.05, 0) is 31.9 Å². The lowest BCUT2D eigenvalue weighted by molar-refractivity contribution is -0.384. The Hall–Kier alpha value is -1.95. The first kappa shape index (κ1) is 14.1. The Morgan fingerprint density at radius 3 is 2.78 bits per heavy atom. The van der Waals surface area contributed by atoms with Crippen LogP contribution in [0.25, 0.3) is 0 Å². The molecule has 0 atom stereocenters. The molecular formula is C12H17N3O3. The van der Waals surface area contributed by atoms with E-state index in [-0.39, 0.29) is 11.6 Å². The molecule has 6 nitrogen and oxygen atoms in total. The molecule has 0 aliphatic heterocycles. The first-order valence-electron chi connectivity index (χ1n) is 5.79. The van der Waals surface area contributed by atoms with Crippen LogP contribution in [-0.2, 0) is 0 Å². The van der Waals surface area contributed by atoms with Gasteiger partial charge in [0, 0.05) is 24.2 Å². The number of carbonyl (C=O) groups is 1. The number of nitro benzene ring substituents is 1. The number of hydrogen-bond acceptors (Lipinski definition) is 4. The van der Waals surface area contributed by atoms with Crippen molar-refractivity contribution in [2.24, 2.45) is 5.73 Å². The molecule has 1 aromatic rings. The van der Waals surface area contributed by atoms with Gasteiger partial charge in [-0.2, -0.15) is 0 Å². The van der Waals surface area contributed by atoms with Gasteiger partial charge in [-0.25, -0.2) is 0 Å². The van der Waals surface area contributed by atoms with Crippen LogP contribution < -0.4 is 11.1 Å². The van der Waals surface area contributed by atoms with E-state index in [4.69, 9.17) is 5.73 Å². The van der Waals surface area contributed by atoms with Crippen LogP contribution in [0.15, 0.2) is 18.2 Å². The minimum atomic E-state index is -0.509. The third-order valence-corrected chi connectivity index (χ3v) is 2.59. The zero-order valence-electron chi connectivity index (χ0n) is 10.3. The summed E-state index contributed by atoms with van der Waals surface area (Å²) < 4.78 is 0. The summed E-state index contributed by atoms with van der Waals surface area (Å²) in [6.07, 6.45) is 1.64. The Labute approximate surface area is 105 Å². The third-order valence-electron chi connectivity index (χ3n) is 2.59. The predicted octanol–water partition coefficient (Wildman–Crippen LogP) is 1.37. The number of nitrogens with zero attached hydrogens (tertiary/aromatic N) is 1. The quantitative estimate of drug-likeness (QED) is 0.453. The van der Waals surface area contributed by atoms with E-state index in [9.17, 15) is 14.9 Å². The molecule has 1 aromatic carbocycles. The van der Waals surface area contributed by atoms with Gasteiger partial charge in [0.25, 0.3) is 11.6 Å². The molecule has 0 aromatic heterocycles. The molecule has 0 bridgehead atoms. The summed E-state index contributed by atoms with van der Waals surface area (Å²) in [7, 11) is 0. The Morgan fingerprint density at radius 2 is 2.17 bits per heavy atom. The Bertz CT molecular complexity index is 446. The minimum Gasteiger partial charge on any atom is -0.352 e. The second kappa shape index (κ2) is 6.70. The van der Waals surface area contributed by atoms with E-state index in [1.165, 1.54) is 12.1 Å². The molecular weight excluding hydrogens is 234 g/mol. The van der Waals surface area contributed by atoms with Gasteiger partial charge < -0.3 is 11.1 Å². The molecule has 0 aliphatic rings. The first-order chi connectivity index (χ1) is 8.56. The van der Waals surface area contributed by atoms with E-state index >= 15 is 0 Å². The van der Waals surface area contributed by atoms with Crippen LogP contribution in [0.3, 0.4) is 0 Å². The van der Waals surface area contributed by atoms with Crippen molar-refractivity contribution in [1.82, 2.24) is 5.32 Å². The largest absolute Gasteiger partial charge is 0.352 e. The maximum Gasteiger partial charge on any atom is 0.270 e. The molecule has 6 heteroatoms. The number of amides is 1. The highest BCUT2D eigenvalue weighted by Gasteiger charge is 2.13. The number of benzene rings is 1. The van der Waals surface area contributed by atoms with Crippen molar-refractivity contribution < 1.29 is 9.72 Å². The zero-order chi connectivity index (χ0) is 13.5. The minimum absolute atomic E-state index is 0.0762. The van der Waals surface area contributed by atoms with Crippen LogP contribution in [0.4, 0.5) is 5.69 Å². The van der Waals surface area contributed by atoms with Crippen molar-refractivity contribution in [3.63, 3.8) is 0 Å². The van der Waals surface area contributed by atoms with E-state index < -0.39 is 4.92 Å². The van der Waals surface area contributed by atoms with Gasteiger partial charge in [-0.1, -0.05) is 6.07 Å². The van der Waals surface area contributed by atoms with Gasteiger partial charge in [-0.3, -0.25) is 14.9 Å². The smallest absolute Gasteiger partial charge is 0.270 e. The van der Waals surface area contributed by atoms with E-state index in [0.717, 1.165) is 18.4 Å². The lowest BCUT2D eigenvalue weighted by Crippen LogP contribution is -2.25. The van der Waals surface area contributed by atoms with Gasteiger partial charge in [0.2, 0.25) is 0 Å². The standard InChI is InChI=1S/C12H17N3O3/c1-9-4-5-10(15(17)18)8-11(9)12(16)14-7-3-2-6-13/h4-5,8H,2-3,6-7,13H2,1H3,(H,14,16). The zero-order valence-corrected chi connectivity index (χ0v) is 10.3. The number of rotatable bonds is 6. The Kier molecular flexibility index (Phi) is 5.26. The SMILES string of the molecule is Cc1ccc([N+](=O)[O-])cc1C(=O)NCCCCN. The fourth-order valence-electron chi connectivity index (χ4n) is 1.53.